The summed E-state index contributed by atoms with van der Waals surface area (Å²) in [4.78, 5) is 0. The first-order valence-corrected chi connectivity index (χ1v) is 19.6. The third-order valence-corrected chi connectivity index (χ3v) is 12.4. The molecule has 0 aliphatic carbocycles. The molecule has 8 heterocycles. The van der Waals surface area contributed by atoms with E-state index in [1.807, 2.05) is 18.2 Å². The van der Waals surface area contributed by atoms with Gasteiger partial charge in [-0.3, -0.25) is 0 Å². The highest BCUT2D eigenvalue weighted by atomic mass is 16.8. The van der Waals surface area contributed by atoms with Gasteiger partial charge in [-0.25, -0.2) is 0 Å². The summed E-state index contributed by atoms with van der Waals surface area (Å²) in [6.45, 7) is -1.29. The molecule has 6 saturated heterocycles. The molecule has 0 spiro atoms. The first kappa shape index (κ1) is 40.8. The van der Waals surface area contributed by atoms with Crippen LogP contribution in [0.2, 0.25) is 0 Å². The predicted molar refractivity (Wildman–Crippen MR) is 187 cm³/mol. The van der Waals surface area contributed by atoms with Crippen molar-refractivity contribution in [2.24, 2.45) is 11.8 Å². The summed E-state index contributed by atoms with van der Waals surface area (Å²) < 4.78 is 76.1. The molecule has 9 N–H and O–H groups in total. The van der Waals surface area contributed by atoms with E-state index < -0.39 is 118 Å². The van der Waals surface area contributed by atoms with Crippen LogP contribution in [0.1, 0.15) is 23.3 Å². The van der Waals surface area contributed by atoms with Crippen LogP contribution in [0.15, 0.2) is 30.3 Å². The van der Waals surface area contributed by atoms with E-state index in [9.17, 15) is 46.0 Å². The molecule has 19 atom stereocenters. The lowest BCUT2D eigenvalue weighted by Crippen LogP contribution is -2.64. The van der Waals surface area contributed by atoms with Crippen LogP contribution in [-0.2, 0) is 37.9 Å². The Labute approximate surface area is 340 Å². The van der Waals surface area contributed by atoms with Crippen molar-refractivity contribution >= 4 is 0 Å². The van der Waals surface area contributed by atoms with E-state index >= 15 is 0 Å². The Morgan fingerprint density at radius 2 is 1.27 bits per heavy atom. The molecule has 0 aromatic heterocycles. The summed E-state index contributed by atoms with van der Waals surface area (Å²) in [5.41, 5.74) is 1.37. The van der Waals surface area contributed by atoms with Gasteiger partial charge in [0, 0.05) is 23.5 Å². The minimum absolute atomic E-state index is 0.0893. The Balaban J connectivity index is 0.937. The second-order valence-corrected chi connectivity index (χ2v) is 15.9. The normalized spacial score (nSPS) is 45.0. The van der Waals surface area contributed by atoms with E-state index in [1.54, 1.807) is 6.07 Å². The fraction of sp³-hybridized carbons (Fsp3) is 0.684. The molecule has 19 unspecified atom stereocenters. The van der Waals surface area contributed by atoms with Crippen LogP contribution < -0.4 is 23.7 Å². The van der Waals surface area contributed by atoms with Gasteiger partial charge < -0.3 is 108 Å². The van der Waals surface area contributed by atoms with Gasteiger partial charge in [-0.2, -0.15) is 0 Å². The van der Waals surface area contributed by atoms with Gasteiger partial charge in [-0.05, 0) is 23.8 Å². The van der Waals surface area contributed by atoms with Crippen molar-refractivity contribution in [1.29, 1.82) is 0 Å². The van der Waals surface area contributed by atoms with E-state index in [0.29, 0.717) is 41.8 Å². The zero-order valence-electron chi connectivity index (χ0n) is 31.6. The average Bonchev–Trinajstić information content (AvgIpc) is 3.80. The van der Waals surface area contributed by atoms with Crippen molar-refractivity contribution in [2.75, 3.05) is 46.6 Å². The molecule has 22 nitrogen and oxygen atoms in total. The maximum absolute atomic E-state index is 11.7. The highest BCUT2D eigenvalue weighted by Crippen LogP contribution is 2.54. The number of benzene rings is 2. The van der Waals surface area contributed by atoms with Gasteiger partial charge in [0.1, 0.15) is 60.7 Å². The maximum atomic E-state index is 11.7. The zero-order valence-corrected chi connectivity index (χ0v) is 31.6. The molecule has 8 aliphatic rings. The minimum atomic E-state index is -2.13. The van der Waals surface area contributed by atoms with Crippen molar-refractivity contribution in [3.8, 4) is 28.7 Å². The SMILES string of the molecule is OCC1OC(OCC2OC(Oc3cc4c(cc3C3OCC5C(c6ccc7c(c6)OCO7)OCC35)OCO4)C(OC3OC(CO)C4OC4(O)C3O)C(O)C2O)C(O)C(O)C1O. The van der Waals surface area contributed by atoms with Crippen molar-refractivity contribution in [3.63, 3.8) is 0 Å². The highest BCUT2D eigenvalue weighted by molar-refractivity contribution is 5.53. The van der Waals surface area contributed by atoms with Gasteiger partial charge in [0.15, 0.2) is 47.8 Å². The summed E-state index contributed by atoms with van der Waals surface area (Å²) in [7, 11) is 0. The van der Waals surface area contributed by atoms with Gasteiger partial charge in [0.05, 0.1) is 45.2 Å². The van der Waals surface area contributed by atoms with Crippen molar-refractivity contribution in [3.05, 3.63) is 41.5 Å². The molecule has 330 valence electrons. The molecule has 0 amide bonds. The second kappa shape index (κ2) is 15.8. The number of aliphatic hydroxyl groups excluding tert-OH is 8. The third-order valence-electron chi connectivity index (χ3n) is 12.4. The molecule has 10 rings (SSSR count). The molecule has 60 heavy (non-hydrogen) atoms. The largest absolute Gasteiger partial charge is 0.461 e. The number of fused-ring (bicyclic) bond motifs is 4. The van der Waals surface area contributed by atoms with Gasteiger partial charge >= 0.3 is 0 Å². The molecule has 0 radical (unpaired) electrons. The van der Waals surface area contributed by atoms with Gasteiger partial charge in [-0.1, -0.05) is 6.07 Å². The monoisotopic (exact) mass is 854 g/mol. The van der Waals surface area contributed by atoms with Crippen LogP contribution in [-0.4, -0.2) is 184 Å². The maximum Gasteiger partial charge on any atom is 0.231 e. The number of ether oxygens (including phenoxy) is 13. The zero-order chi connectivity index (χ0) is 41.6. The third kappa shape index (κ3) is 6.87. The summed E-state index contributed by atoms with van der Waals surface area (Å²) in [6, 6.07) is 8.88. The van der Waals surface area contributed by atoms with E-state index in [0.717, 1.165) is 5.56 Å². The molecule has 0 saturated carbocycles. The number of hydrogen-bond donors (Lipinski definition) is 9. The quantitative estimate of drug-likeness (QED) is 0.0987. The lowest BCUT2D eigenvalue weighted by molar-refractivity contribution is -0.354. The number of epoxide rings is 1. The molecule has 2 aromatic carbocycles. The van der Waals surface area contributed by atoms with E-state index in [-0.39, 0.29) is 37.3 Å². The van der Waals surface area contributed by atoms with Crippen molar-refractivity contribution < 1.29 is 108 Å². The molecule has 0 bridgehead atoms. The number of hydrogen-bond acceptors (Lipinski definition) is 22. The average molecular weight is 855 g/mol. The van der Waals surface area contributed by atoms with Crippen LogP contribution in [0.5, 0.6) is 28.7 Å². The lowest BCUT2D eigenvalue weighted by atomic mass is 9.84. The minimum Gasteiger partial charge on any atom is -0.461 e. The number of aliphatic hydroxyl groups is 9. The Bertz CT molecular complexity index is 1890. The van der Waals surface area contributed by atoms with Crippen molar-refractivity contribution in [1.82, 2.24) is 0 Å². The Morgan fingerprint density at radius 1 is 0.633 bits per heavy atom. The summed E-state index contributed by atoms with van der Waals surface area (Å²) in [5, 5.41) is 95.5. The lowest BCUT2D eigenvalue weighted by Gasteiger charge is -2.45. The van der Waals surface area contributed by atoms with Gasteiger partial charge in [0.25, 0.3) is 0 Å². The van der Waals surface area contributed by atoms with Crippen LogP contribution in [0.25, 0.3) is 0 Å². The van der Waals surface area contributed by atoms with Crippen LogP contribution >= 0.6 is 0 Å². The Morgan fingerprint density at radius 3 is 2.02 bits per heavy atom. The van der Waals surface area contributed by atoms with Crippen LogP contribution in [0.4, 0.5) is 0 Å². The Kier molecular flexibility index (Phi) is 10.8. The predicted octanol–water partition coefficient (Wildman–Crippen LogP) is -3.59. The highest BCUT2D eigenvalue weighted by Gasteiger charge is 2.71. The van der Waals surface area contributed by atoms with E-state index in [4.69, 9.17) is 61.6 Å². The second-order valence-electron chi connectivity index (χ2n) is 15.9. The van der Waals surface area contributed by atoms with E-state index in [1.165, 1.54) is 6.07 Å². The molecule has 6 fully saturated rings. The molecule has 2 aromatic rings. The molecule has 8 aliphatic heterocycles. The van der Waals surface area contributed by atoms with Gasteiger partial charge in [-0.15, -0.1) is 0 Å². The summed E-state index contributed by atoms with van der Waals surface area (Å²) in [6.07, 6.45) is -23.4. The van der Waals surface area contributed by atoms with Crippen molar-refractivity contribution in [2.45, 2.75) is 104 Å². The molecular weight excluding hydrogens is 808 g/mol. The first-order chi connectivity index (χ1) is 29.0. The van der Waals surface area contributed by atoms with Crippen LogP contribution in [0, 0.1) is 11.8 Å². The standard InChI is InChI=1S/C38H46O22/c39-6-22-25(41)27(43)29(45)35(56-22)50-10-24-26(42)28(44)32(59-37-33(46)38(47)34(60-38)23(7-40)57-37)36(58-24)55-18-5-21-20(53-12-54-21)4-14(18)31-16-9-48-30(15(16)8-49-31)13-1-2-17-19(3-13)52-11-51-17/h1-5,15-16,22-37,39-47H,6-12H2. The fourth-order valence-electron chi connectivity index (χ4n) is 9.03. The fourth-order valence-corrected chi connectivity index (χ4v) is 9.03. The smallest absolute Gasteiger partial charge is 0.231 e. The van der Waals surface area contributed by atoms with Gasteiger partial charge in [0.2, 0.25) is 25.7 Å². The topological polar surface area (TPSA) is 305 Å². The first-order valence-electron chi connectivity index (χ1n) is 19.6. The van der Waals surface area contributed by atoms with E-state index in [2.05, 4.69) is 0 Å². The summed E-state index contributed by atoms with van der Waals surface area (Å²) in [5.74, 6) is -0.338. The number of rotatable bonds is 11. The summed E-state index contributed by atoms with van der Waals surface area (Å²) >= 11 is 0. The Hall–Kier alpha value is -3.24. The van der Waals surface area contributed by atoms with Crippen LogP contribution in [0.3, 0.4) is 0 Å². The molecular formula is C38H46O22. The molecule has 22 heteroatoms.